The Bertz CT molecular complexity index is 71.9. The average molecular weight is 167 g/mol. The first kappa shape index (κ1) is 12.4. The monoisotopic (exact) mass is 167 g/mol. The summed E-state index contributed by atoms with van der Waals surface area (Å²) in [6, 6.07) is 0.218. The Hall–Kier alpha value is -0.260. The van der Waals surface area contributed by atoms with Crippen molar-refractivity contribution in [1.82, 2.24) is 5.48 Å². The highest BCUT2D eigenvalue weighted by molar-refractivity contribution is 7.98. The summed E-state index contributed by atoms with van der Waals surface area (Å²) in [4.78, 5) is 8.36. The van der Waals surface area contributed by atoms with Crippen LogP contribution in [0.1, 0.15) is 6.92 Å². The average Bonchev–Trinajstić information content (AvgIpc) is 1.90. The standard InChI is InChI=1S/C4H11NOS.CH2O2/c1-4(5-6)3-7-2;2-1-3/h4-6H,3H2,1-2H3;1H,(H,2,3). The summed E-state index contributed by atoms with van der Waals surface area (Å²) >= 11 is 1.71. The number of hydroxylamine groups is 1. The summed E-state index contributed by atoms with van der Waals surface area (Å²) in [5.74, 6) is 0.955. The van der Waals surface area contributed by atoms with Crippen molar-refractivity contribution in [2.24, 2.45) is 0 Å². The van der Waals surface area contributed by atoms with Crippen molar-refractivity contribution in [3.05, 3.63) is 0 Å². The van der Waals surface area contributed by atoms with E-state index in [2.05, 4.69) is 5.48 Å². The van der Waals surface area contributed by atoms with Gasteiger partial charge in [0.2, 0.25) is 0 Å². The number of carboxylic acid groups (broad SMARTS) is 1. The molecule has 0 saturated heterocycles. The van der Waals surface area contributed by atoms with Gasteiger partial charge in [0.25, 0.3) is 6.47 Å². The Morgan fingerprint density at radius 1 is 1.80 bits per heavy atom. The molecule has 0 bridgehead atoms. The third-order valence-corrected chi connectivity index (χ3v) is 1.47. The summed E-state index contributed by atoms with van der Waals surface area (Å²) in [6.45, 7) is 1.68. The van der Waals surface area contributed by atoms with Crippen LogP contribution < -0.4 is 5.48 Å². The molecule has 5 heteroatoms. The molecule has 0 aliphatic heterocycles. The molecule has 0 aromatic heterocycles. The predicted octanol–water partition coefficient (Wildman–Crippen LogP) is 0.418. The number of rotatable bonds is 3. The minimum absolute atomic E-state index is 0.218. The lowest BCUT2D eigenvalue weighted by Crippen LogP contribution is -2.23. The van der Waals surface area contributed by atoms with Gasteiger partial charge >= 0.3 is 0 Å². The molecule has 0 fully saturated rings. The zero-order valence-electron chi connectivity index (χ0n) is 6.07. The number of carbonyl (C=O) groups is 1. The van der Waals surface area contributed by atoms with E-state index in [0.717, 1.165) is 5.75 Å². The smallest absolute Gasteiger partial charge is 0.290 e. The van der Waals surface area contributed by atoms with Gasteiger partial charge in [-0.1, -0.05) is 0 Å². The maximum atomic E-state index is 8.36. The zero-order chi connectivity index (χ0) is 8.41. The fourth-order valence-corrected chi connectivity index (χ4v) is 0.862. The van der Waals surface area contributed by atoms with Crippen molar-refractivity contribution in [1.29, 1.82) is 0 Å². The largest absolute Gasteiger partial charge is 0.483 e. The third kappa shape index (κ3) is 15.6. The van der Waals surface area contributed by atoms with E-state index in [0.29, 0.717) is 0 Å². The molecule has 0 amide bonds. The van der Waals surface area contributed by atoms with Crippen LogP contribution in [0, 0.1) is 0 Å². The highest BCUT2D eigenvalue weighted by Crippen LogP contribution is 1.93. The molecule has 0 rings (SSSR count). The van der Waals surface area contributed by atoms with E-state index in [9.17, 15) is 0 Å². The normalized spacial score (nSPS) is 11.1. The summed E-state index contributed by atoms with van der Waals surface area (Å²) in [5.41, 5.74) is 2.14. The fraction of sp³-hybridized carbons (Fsp3) is 0.800. The van der Waals surface area contributed by atoms with E-state index in [-0.39, 0.29) is 12.5 Å². The lowest BCUT2D eigenvalue weighted by Gasteiger charge is -2.03. The maximum Gasteiger partial charge on any atom is 0.290 e. The molecule has 1 atom stereocenters. The Kier molecular flexibility index (Phi) is 14.3. The van der Waals surface area contributed by atoms with Crippen LogP contribution >= 0.6 is 11.8 Å². The first-order valence-corrected chi connectivity index (χ1v) is 4.08. The topological polar surface area (TPSA) is 69.6 Å². The van der Waals surface area contributed by atoms with Crippen molar-refractivity contribution < 1.29 is 15.1 Å². The van der Waals surface area contributed by atoms with Gasteiger partial charge in [0.05, 0.1) is 0 Å². The Morgan fingerprint density at radius 3 is 2.30 bits per heavy atom. The molecule has 3 N–H and O–H groups in total. The molecule has 4 nitrogen and oxygen atoms in total. The summed E-state index contributed by atoms with van der Waals surface area (Å²) in [7, 11) is 0. The molecule has 10 heavy (non-hydrogen) atoms. The molecule has 0 heterocycles. The minimum Gasteiger partial charge on any atom is -0.483 e. The van der Waals surface area contributed by atoms with E-state index >= 15 is 0 Å². The Morgan fingerprint density at radius 2 is 2.20 bits per heavy atom. The van der Waals surface area contributed by atoms with Crippen molar-refractivity contribution in [2.45, 2.75) is 13.0 Å². The highest BCUT2D eigenvalue weighted by Gasteiger charge is 1.93. The number of hydrogen-bond donors (Lipinski definition) is 3. The first-order chi connectivity index (χ1) is 4.72. The van der Waals surface area contributed by atoms with E-state index in [1.807, 2.05) is 13.2 Å². The van der Waals surface area contributed by atoms with Gasteiger partial charge in [-0.25, -0.2) is 5.48 Å². The maximum absolute atomic E-state index is 8.36. The van der Waals surface area contributed by atoms with E-state index in [1.165, 1.54) is 0 Å². The molecule has 0 aliphatic carbocycles. The molecular weight excluding hydrogens is 154 g/mol. The van der Waals surface area contributed by atoms with Gasteiger partial charge in [-0.2, -0.15) is 11.8 Å². The fourth-order valence-electron chi connectivity index (χ4n) is 0.287. The lowest BCUT2D eigenvalue weighted by atomic mass is 10.4. The number of thioether (sulfide) groups is 1. The van der Waals surface area contributed by atoms with E-state index in [4.69, 9.17) is 15.1 Å². The van der Waals surface area contributed by atoms with Crippen molar-refractivity contribution in [3.63, 3.8) is 0 Å². The van der Waals surface area contributed by atoms with Crippen LogP contribution in [-0.4, -0.2) is 34.8 Å². The van der Waals surface area contributed by atoms with E-state index in [1.54, 1.807) is 11.8 Å². The van der Waals surface area contributed by atoms with E-state index < -0.39 is 0 Å². The van der Waals surface area contributed by atoms with Gasteiger partial charge < -0.3 is 10.3 Å². The number of hydrogen-bond acceptors (Lipinski definition) is 4. The SMILES string of the molecule is CSCC(C)NO.O=CO. The molecule has 0 aromatic carbocycles. The van der Waals surface area contributed by atoms with Crippen molar-refractivity contribution in [3.8, 4) is 0 Å². The number of nitrogens with one attached hydrogen (secondary N) is 1. The highest BCUT2D eigenvalue weighted by atomic mass is 32.2. The van der Waals surface area contributed by atoms with Gasteiger partial charge in [-0.3, -0.25) is 4.79 Å². The Balaban J connectivity index is 0. The van der Waals surface area contributed by atoms with Crippen molar-refractivity contribution >= 4 is 18.2 Å². The second-order valence-electron chi connectivity index (χ2n) is 1.59. The van der Waals surface area contributed by atoms with Crippen LogP contribution in [0.2, 0.25) is 0 Å². The third-order valence-electron chi connectivity index (χ3n) is 0.637. The molecule has 0 spiro atoms. The summed E-state index contributed by atoms with van der Waals surface area (Å²) in [5, 5.41) is 15.1. The van der Waals surface area contributed by atoms with Crippen LogP contribution in [0.25, 0.3) is 0 Å². The van der Waals surface area contributed by atoms with Gasteiger partial charge in [0.15, 0.2) is 0 Å². The molecule has 62 valence electrons. The second-order valence-corrected chi connectivity index (χ2v) is 2.50. The van der Waals surface area contributed by atoms with Crippen LogP contribution in [0.15, 0.2) is 0 Å². The van der Waals surface area contributed by atoms with Crippen LogP contribution in [0.5, 0.6) is 0 Å². The van der Waals surface area contributed by atoms with Crippen LogP contribution in [0.4, 0.5) is 0 Å². The molecule has 0 radical (unpaired) electrons. The predicted molar refractivity (Wildman–Crippen MR) is 41.5 cm³/mol. The van der Waals surface area contributed by atoms with Crippen LogP contribution in [-0.2, 0) is 4.79 Å². The zero-order valence-corrected chi connectivity index (χ0v) is 6.89. The molecule has 1 unspecified atom stereocenters. The van der Waals surface area contributed by atoms with Crippen molar-refractivity contribution in [2.75, 3.05) is 12.0 Å². The lowest BCUT2D eigenvalue weighted by molar-refractivity contribution is -0.122. The van der Waals surface area contributed by atoms with Crippen LogP contribution in [0.3, 0.4) is 0 Å². The van der Waals surface area contributed by atoms with Gasteiger partial charge in [-0.15, -0.1) is 0 Å². The Labute approximate surface area is 64.6 Å². The summed E-state index contributed by atoms with van der Waals surface area (Å²) < 4.78 is 0. The first-order valence-electron chi connectivity index (χ1n) is 2.69. The quantitative estimate of drug-likeness (QED) is 0.420. The second kappa shape index (κ2) is 11.5. The summed E-state index contributed by atoms with van der Waals surface area (Å²) in [6.07, 6.45) is 2.01. The molecule has 0 saturated carbocycles. The minimum atomic E-state index is -0.250. The molecule has 0 aromatic rings. The molecular formula is C5H13NO3S. The van der Waals surface area contributed by atoms with Gasteiger partial charge in [0.1, 0.15) is 0 Å². The molecule has 0 aliphatic rings. The van der Waals surface area contributed by atoms with Gasteiger partial charge in [0, 0.05) is 11.8 Å². The van der Waals surface area contributed by atoms with Gasteiger partial charge in [-0.05, 0) is 13.2 Å².